The van der Waals surface area contributed by atoms with Crippen molar-refractivity contribution < 1.29 is 4.79 Å². The molecular formula is C9H9ClN2O. The molecular weight excluding hydrogens is 188 g/mol. The fourth-order valence-corrected chi connectivity index (χ4v) is 1.67. The lowest BCUT2D eigenvalue weighted by molar-refractivity contribution is -0.117. The molecule has 0 radical (unpaired) electrons. The average molecular weight is 197 g/mol. The minimum atomic E-state index is -0.453. The van der Waals surface area contributed by atoms with E-state index >= 15 is 0 Å². The molecule has 3 nitrogen and oxygen atoms in total. The topological polar surface area (TPSA) is 55.1 Å². The van der Waals surface area contributed by atoms with E-state index in [0.29, 0.717) is 17.1 Å². The molecule has 0 saturated carbocycles. The van der Waals surface area contributed by atoms with Crippen LogP contribution >= 0.6 is 11.6 Å². The summed E-state index contributed by atoms with van der Waals surface area (Å²) in [4.78, 5) is 11.2. The van der Waals surface area contributed by atoms with Crippen molar-refractivity contribution >= 4 is 23.2 Å². The van der Waals surface area contributed by atoms with Crippen LogP contribution in [0.1, 0.15) is 5.56 Å². The number of fused-ring (bicyclic) bond motifs is 1. The minimum absolute atomic E-state index is 0.166. The summed E-state index contributed by atoms with van der Waals surface area (Å²) in [7, 11) is 0. The Morgan fingerprint density at radius 2 is 2.31 bits per heavy atom. The Kier molecular flexibility index (Phi) is 1.98. The van der Waals surface area contributed by atoms with Crippen LogP contribution in [0.5, 0.6) is 0 Å². The normalized spacial score (nSPS) is 20.8. The number of amides is 1. The predicted octanol–water partition coefficient (Wildman–Crippen LogP) is 1.16. The Labute approximate surface area is 80.9 Å². The molecule has 13 heavy (non-hydrogen) atoms. The Morgan fingerprint density at radius 1 is 1.54 bits per heavy atom. The quantitative estimate of drug-likeness (QED) is 0.655. The number of benzene rings is 1. The van der Waals surface area contributed by atoms with Gasteiger partial charge in [0.2, 0.25) is 5.91 Å². The van der Waals surface area contributed by atoms with Crippen molar-refractivity contribution in [1.29, 1.82) is 0 Å². The average Bonchev–Trinajstić information content (AvgIpc) is 2.09. The van der Waals surface area contributed by atoms with Gasteiger partial charge in [0.25, 0.3) is 0 Å². The van der Waals surface area contributed by atoms with Gasteiger partial charge in [0, 0.05) is 0 Å². The number of carbonyl (C=O) groups is 1. The van der Waals surface area contributed by atoms with E-state index in [9.17, 15) is 4.79 Å². The first-order chi connectivity index (χ1) is 6.18. The highest BCUT2D eigenvalue weighted by Crippen LogP contribution is 2.29. The second kappa shape index (κ2) is 3.01. The summed E-state index contributed by atoms with van der Waals surface area (Å²) in [5, 5.41) is 3.25. The maximum absolute atomic E-state index is 11.2. The van der Waals surface area contributed by atoms with E-state index in [1.165, 1.54) is 0 Å². The fourth-order valence-electron chi connectivity index (χ4n) is 1.42. The number of hydrogen-bond acceptors (Lipinski definition) is 2. The highest BCUT2D eigenvalue weighted by Gasteiger charge is 2.23. The third-order valence-electron chi connectivity index (χ3n) is 2.12. The SMILES string of the molecule is NC1Cc2cccc(Cl)c2NC1=O. The Hall–Kier alpha value is -1.06. The lowest BCUT2D eigenvalue weighted by atomic mass is 10.00. The Morgan fingerprint density at radius 3 is 3.08 bits per heavy atom. The molecule has 3 N–H and O–H groups in total. The molecule has 0 saturated heterocycles. The number of nitrogens with one attached hydrogen (secondary N) is 1. The Bertz CT molecular complexity index is 365. The van der Waals surface area contributed by atoms with Crippen molar-refractivity contribution in [3.05, 3.63) is 28.8 Å². The molecule has 1 aliphatic heterocycles. The maximum Gasteiger partial charge on any atom is 0.241 e. The Balaban J connectivity index is 2.48. The van der Waals surface area contributed by atoms with Gasteiger partial charge in [-0.1, -0.05) is 23.7 Å². The molecule has 0 bridgehead atoms. The van der Waals surface area contributed by atoms with Crippen LogP contribution in [0.4, 0.5) is 5.69 Å². The lowest BCUT2D eigenvalue weighted by Crippen LogP contribution is -2.41. The van der Waals surface area contributed by atoms with E-state index in [4.69, 9.17) is 17.3 Å². The highest BCUT2D eigenvalue weighted by atomic mass is 35.5. The van der Waals surface area contributed by atoms with Crippen LogP contribution in [0.15, 0.2) is 18.2 Å². The molecule has 2 rings (SSSR count). The van der Waals surface area contributed by atoms with Crippen molar-refractivity contribution in [2.45, 2.75) is 12.5 Å². The smallest absolute Gasteiger partial charge is 0.241 e. The van der Waals surface area contributed by atoms with Crippen molar-refractivity contribution in [2.24, 2.45) is 5.73 Å². The lowest BCUT2D eigenvalue weighted by Gasteiger charge is -2.22. The number of hydrogen-bond donors (Lipinski definition) is 2. The van der Waals surface area contributed by atoms with E-state index in [1.807, 2.05) is 12.1 Å². The second-order valence-corrected chi connectivity index (χ2v) is 3.48. The van der Waals surface area contributed by atoms with Gasteiger partial charge in [-0.15, -0.1) is 0 Å². The zero-order valence-electron chi connectivity index (χ0n) is 6.88. The molecule has 0 fully saturated rings. The largest absolute Gasteiger partial charge is 0.323 e. The molecule has 1 aromatic rings. The molecule has 1 atom stereocenters. The monoisotopic (exact) mass is 196 g/mol. The first-order valence-corrected chi connectivity index (χ1v) is 4.40. The van der Waals surface area contributed by atoms with Crippen LogP contribution in [0, 0.1) is 0 Å². The summed E-state index contributed by atoms with van der Waals surface area (Å²) in [6.45, 7) is 0. The van der Waals surface area contributed by atoms with Gasteiger partial charge in [0.05, 0.1) is 16.8 Å². The van der Waals surface area contributed by atoms with Crippen molar-refractivity contribution in [1.82, 2.24) is 0 Å². The summed E-state index contributed by atoms with van der Waals surface area (Å²) in [6, 6.07) is 5.06. The van der Waals surface area contributed by atoms with Crippen LogP contribution in [0.3, 0.4) is 0 Å². The van der Waals surface area contributed by atoms with Gasteiger partial charge >= 0.3 is 0 Å². The van der Waals surface area contributed by atoms with E-state index < -0.39 is 6.04 Å². The summed E-state index contributed by atoms with van der Waals surface area (Å²) in [6.07, 6.45) is 0.557. The van der Waals surface area contributed by atoms with Gasteiger partial charge in [-0.25, -0.2) is 0 Å². The molecule has 1 unspecified atom stereocenters. The standard InChI is InChI=1S/C9H9ClN2O/c10-6-3-1-2-5-4-7(11)9(13)12-8(5)6/h1-3,7H,4,11H2,(H,12,13). The molecule has 0 aromatic heterocycles. The maximum atomic E-state index is 11.2. The zero-order chi connectivity index (χ0) is 9.42. The van der Waals surface area contributed by atoms with E-state index in [0.717, 1.165) is 5.56 Å². The molecule has 0 spiro atoms. The number of carbonyl (C=O) groups excluding carboxylic acids is 1. The minimum Gasteiger partial charge on any atom is -0.323 e. The molecule has 1 aromatic carbocycles. The number of rotatable bonds is 0. The van der Waals surface area contributed by atoms with Crippen molar-refractivity contribution in [3.8, 4) is 0 Å². The number of halogens is 1. The molecule has 0 aliphatic carbocycles. The van der Waals surface area contributed by atoms with Gasteiger partial charge in [0.15, 0.2) is 0 Å². The van der Waals surface area contributed by atoms with Gasteiger partial charge in [0.1, 0.15) is 0 Å². The third kappa shape index (κ3) is 1.41. The number of nitrogens with two attached hydrogens (primary N) is 1. The first-order valence-electron chi connectivity index (χ1n) is 4.02. The summed E-state index contributed by atoms with van der Waals surface area (Å²) in [5.41, 5.74) is 7.29. The number of para-hydroxylation sites is 1. The predicted molar refractivity (Wildman–Crippen MR) is 51.8 cm³/mol. The molecule has 1 amide bonds. The van der Waals surface area contributed by atoms with Crippen LogP contribution in [0.25, 0.3) is 0 Å². The van der Waals surface area contributed by atoms with Gasteiger partial charge in [-0.2, -0.15) is 0 Å². The summed E-state index contributed by atoms with van der Waals surface area (Å²) >= 11 is 5.90. The van der Waals surface area contributed by atoms with Crippen molar-refractivity contribution in [3.63, 3.8) is 0 Å². The highest BCUT2D eigenvalue weighted by molar-refractivity contribution is 6.34. The van der Waals surface area contributed by atoms with Crippen LogP contribution in [-0.2, 0) is 11.2 Å². The fraction of sp³-hybridized carbons (Fsp3) is 0.222. The van der Waals surface area contributed by atoms with Crippen LogP contribution in [0.2, 0.25) is 5.02 Å². The van der Waals surface area contributed by atoms with Gasteiger partial charge in [-0.3, -0.25) is 4.79 Å². The van der Waals surface area contributed by atoms with E-state index in [1.54, 1.807) is 6.07 Å². The van der Waals surface area contributed by atoms with Crippen LogP contribution < -0.4 is 11.1 Å². The van der Waals surface area contributed by atoms with Crippen LogP contribution in [-0.4, -0.2) is 11.9 Å². The number of anilines is 1. The molecule has 68 valence electrons. The van der Waals surface area contributed by atoms with E-state index in [-0.39, 0.29) is 5.91 Å². The molecule has 1 heterocycles. The summed E-state index contributed by atoms with van der Waals surface area (Å²) < 4.78 is 0. The van der Waals surface area contributed by atoms with Gasteiger partial charge < -0.3 is 11.1 Å². The first kappa shape index (κ1) is 8.53. The second-order valence-electron chi connectivity index (χ2n) is 3.07. The van der Waals surface area contributed by atoms with Gasteiger partial charge in [-0.05, 0) is 18.1 Å². The zero-order valence-corrected chi connectivity index (χ0v) is 7.64. The summed E-state index contributed by atoms with van der Waals surface area (Å²) in [5.74, 6) is -0.166. The third-order valence-corrected chi connectivity index (χ3v) is 2.44. The molecule has 4 heteroatoms. The van der Waals surface area contributed by atoms with Crippen molar-refractivity contribution in [2.75, 3.05) is 5.32 Å². The van der Waals surface area contributed by atoms with E-state index in [2.05, 4.69) is 5.32 Å². The molecule has 1 aliphatic rings.